The van der Waals surface area contributed by atoms with Crippen LogP contribution in [0.4, 0.5) is 0 Å². The highest BCUT2D eigenvalue weighted by Crippen LogP contribution is 2.25. The van der Waals surface area contributed by atoms with Crippen LogP contribution < -0.4 is 0 Å². The first-order chi connectivity index (χ1) is 15.2. The Morgan fingerprint density at radius 1 is 1.16 bits per heavy atom. The summed E-state index contributed by atoms with van der Waals surface area (Å²) in [5.74, 6) is 0.203. The highest BCUT2D eigenvalue weighted by atomic mass is 16.1. The van der Waals surface area contributed by atoms with Crippen LogP contribution in [0, 0.1) is 0 Å². The lowest BCUT2D eigenvalue weighted by atomic mass is 10.0. The van der Waals surface area contributed by atoms with Crippen molar-refractivity contribution in [3.63, 3.8) is 0 Å². The molecular weight excluding hydrogens is 388 g/mol. The van der Waals surface area contributed by atoms with Gasteiger partial charge < -0.3 is 4.90 Å². The van der Waals surface area contributed by atoms with Crippen molar-refractivity contribution in [3.8, 4) is 17.1 Å². The van der Waals surface area contributed by atoms with Crippen molar-refractivity contribution in [2.75, 3.05) is 13.6 Å². The van der Waals surface area contributed by atoms with E-state index in [1.807, 2.05) is 54.7 Å². The van der Waals surface area contributed by atoms with Crippen LogP contribution in [0.15, 0.2) is 54.7 Å². The van der Waals surface area contributed by atoms with Gasteiger partial charge in [-0.3, -0.25) is 9.89 Å². The van der Waals surface area contributed by atoms with Crippen molar-refractivity contribution in [2.24, 2.45) is 0 Å². The molecule has 0 amide bonds. The molecule has 0 bridgehead atoms. The summed E-state index contributed by atoms with van der Waals surface area (Å²) < 4.78 is 1.71. The molecule has 1 saturated heterocycles. The zero-order chi connectivity index (χ0) is 21.2. The molecule has 0 saturated carbocycles. The summed E-state index contributed by atoms with van der Waals surface area (Å²) >= 11 is 0. The van der Waals surface area contributed by atoms with E-state index in [1.165, 1.54) is 19.4 Å². The summed E-state index contributed by atoms with van der Waals surface area (Å²) in [4.78, 5) is 15.0. The van der Waals surface area contributed by atoms with Crippen LogP contribution in [-0.2, 0) is 0 Å². The van der Waals surface area contributed by atoms with Gasteiger partial charge in [0.05, 0.1) is 17.4 Å². The minimum atomic E-state index is 0.203. The molecule has 1 aliphatic heterocycles. The molecule has 1 aliphatic rings. The predicted octanol–water partition coefficient (Wildman–Crippen LogP) is 4.26. The monoisotopic (exact) mass is 414 g/mol. The van der Waals surface area contributed by atoms with Crippen LogP contribution in [0.2, 0.25) is 0 Å². The van der Waals surface area contributed by atoms with Crippen molar-refractivity contribution in [3.05, 3.63) is 60.3 Å². The second kappa shape index (κ2) is 8.43. The number of carbonyl (C=O) groups is 1. The third-order valence-electron chi connectivity index (χ3n) is 6.27. The molecule has 0 aliphatic carbocycles. The van der Waals surface area contributed by atoms with Gasteiger partial charge >= 0.3 is 0 Å². The summed E-state index contributed by atoms with van der Waals surface area (Å²) in [6.45, 7) is 1.18. The molecule has 158 valence electrons. The van der Waals surface area contributed by atoms with Gasteiger partial charge in [-0.25, -0.2) is 4.68 Å². The number of nitrogens with one attached hydrogen (secondary N) is 1. The van der Waals surface area contributed by atoms with E-state index < -0.39 is 0 Å². The molecule has 3 heterocycles. The number of H-pyrrole nitrogens is 1. The lowest BCUT2D eigenvalue weighted by Crippen LogP contribution is -2.24. The molecule has 31 heavy (non-hydrogen) atoms. The lowest BCUT2D eigenvalue weighted by molar-refractivity contribution is 0.0976. The van der Waals surface area contributed by atoms with E-state index in [0.717, 1.165) is 40.7 Å². The van der Waals surface area contributed by atoms with Gasteiger partial charge in [-0.05, 0) is 69.6 Å². The van der Waals surface area contributed by atoms with E-state index in [9.17, 15) is 4.79 Å². The molecule has 2 aromatic carbocycles. The molecule has 1 atom stereocenters. The minimum absolute atomic E-state index is 0.203. The lowest BCUT2D eigenvalue weighted by Gasteiger charge is -2.18. The maximum atomic E-state index is 12.6. The van der Waals surface area contributed by atoms with Crippen molar-refractivity contribution in [1.82, 2.24) is 30.1 Å². The first kappa shape index (κ1) is 19.6. The van der Waals surface area contributed by atoms with Crippen LogP contribution in [-0.4, -0.2) is 55.5 Å². The number of aromatic nitrogens is 5. The first-order valence-electron chi connectivity index (χ1n) is 10.9. The Bertz CT molecular complexity index is 1190. The third-order valence-corrected chi connectivity index (χ3v) is 6.27. The molecule has 5 rings (SSSR count). The number of benzene rings is 2. The molecule has 0 radical (unpaired) electrons. The van der Waals surface area contributed by atoms with Crippen molar-refractivity contribution in [2.45, 2.75) is 38.1 Å². The summed E-state index contributed by atoms with van der Waals surface area (Å²) in [6.07, 6.45) is 7.04. The topological polar surface area (TPSA) is 79.7 Å². The van der Waals surface area contributed by atoms with E-state index in [1.54, 1.807) is 4.68 Å². The number of para-hydroxylation sites is 1. The van der Waals surface area contributed by atoms with Gasteiger partial charge in [0, 0.05) is 23.4 Å². The van der Waals surface area contributed by atoms with Gasteiger partial charge in [-0.2, -0.15) is 5.10 Å². The summed E-state index contributed by atoms with van der Waals surface area (Å²) in [7, 11) is 2.18. The maximum absolute atomic E-state index is 12.6. The Labute approximate surface area is 181 Å². The van der Waals surface area contributed by atoms with Crippen molar-refractivity contribution in [1.29, 1.82) is 0 Å². The number of aromatic amines is 1. The number of rotatable bonds is 7. The number of fused-ring (bicyclic) bond motifs is 1. The Morgan fingerprint density at radius 3 is 2.81 bits per heavy atom. The first-order valence-corrected chi connectivity index (χ1v) is 10.9. The zero-order valence-electron chi connectivity index (χ0n) is 17.7. The van der Waals surface area contributed by atoms with E-state index in [-0.39, 0.29) is 5.78 Å². The molecule has 1 N–H and O–H groups in total. The van der Waals surface area contributed by atoms with Gasteiger partial charge in [0.15, 0.2) is 5.78 Å². The summed E-state index contributed by atoms with van der Waals surface area (Å²) in [6, 6.07) is 16.2. The Morgan fingerprint density at radius 2 is 2.00 bits per heavy atom. The second-order valence-electron chi connectivity index (χ2n) is 8.31. The molecule has 7 heteroatoms. The fourth-order valence-electron chi connectivity index (χ4n) is 4.44. The minimum Gasteiger partial charge on any atom is -0.303 e. The van der Waals surface area contributed by atoms with Gasteiger partial charge in [-0.15, -0.1) is 5.10 Å². The average Bonchev–Trinajstić information content (AvgIpc) is 3.53. The molecule has 4 aromatic rings. The standard InChI is InChI=1S/C24H26N6O/c1-29-15-5-7-18(29)6-4-10-23(31)17-11-13-19(14-12-17)30-16-22(26-28-30)24-20-8-2-3-9-21(20)25-27-24/h2-3,8-9,11-14,16,18H,4-7,10,15H2,1H3,(H,25,27). The Hall–Kier alpha value is -3.32. The quantitative estimate of drug-likeness (QED) is 0.457. The number of carbonyl (C=O) groups excluding carboxylic acids is 1. The van der Waals surface area contributed by atoms with Crippen LogP contribution in [0.25, 0.3) is 28.0 Å². The molecule has 1 unspecified atom stereocenters. The van der Waals surface area contributed by atoms with E-state index >= 15 is 0 Å². The molecule has 1 fully saturated rings. The van der Waals surface area contributed by atoms with Crippen LogP contribution in [0.3, 0.4) is 0 Å². The van der Waals surface area contributed by atoms with Crippen molar-refractivity contribution < 1.29 is 4.79 Å². The second-order valence-corrected chi connectivity index (χ2v) is 8.31. The Balaban J connectivity index is 1.24. The fraction of sp³-hybridized carbons (Fsp3) is 0.333. The van der Waals surface area contributed by atoms with E-state index in [4.69, 9.17) is 0 Å². The van der Waals surface area contributed by atoms with Crippen molar-refractivity contribution >= 4 is 16.7 Å². The third kappa shape index (κ3) is 4.01. The average molecular weight is 415 g/mol. The van der Waals surface area contributed by atoms with Gasteiger partial charge in [0.2, 0.25) is 0 Å². The summed E-state index contributed by atoms with van der Waals surface area (Å²) in [5, 5.41) is 17.0. The Kier molecular flexibility index (Phi) is 5.34. The number of Topliss-reactive ketones (excluding diaryl/α,β-unsaturated/α-hetero) is 1. The number of hydrogen-bond acceptors (Lipinski definition) is 5. The maximum Gasteiger partial charge on any atom is 0.162 e. The van der Waals surface area contributed by atoms with Gasteiger partial charge in [-0.1, -0.05) is 23.4 Å². The number of hydrogen-bond donors (Lipinski definition) is 1. The van der Waals surface area contributed by atoms with Crippen LogP contribution in [0.5, 0.6) is 0 Å². The van der Waals surface area contributed by atoms with Gasteiger partial charge in [0.25, 0.3) is 0 Å². The molecule has 2 aromatic heterocycles. The molecule has 7 nitrogen and oxygen atoms in total. The number of likely N-dealkylation sites (tertiary alicyclic amines) is 1. The highest BCUT2D eigenvalue weighted by Gasteiger charge is 2.20. The smallest absolute Gasteiger partial charge is 0.162 e. The van der Waals surface area contributed by atoms with E-state index in [0.29, 0.717) is 18.2 Å². The zero-order valence-corrected chi connectivity index (χ0v) is 17.7. The van der Waals surface area contributed by atoms with E-state index in [2.05, 4.69) is 32.5 Å². The summed E-state index contributed by atoms with van der Waals surface area (Å²) in [5.41, 5.74) is 4.07. The van der Waals surface area contributed by atoms with Crippen LogP contribution in [0.1, 0.15) is 42.5 Å². The normalized spacial score (nSPS) is 16.9. The fourth-order valence-corrected chi connectivity index (χ4v) is 4.44. The van der Waals surface area contributed by atoms with Crippen LogP contribution >= 0.6 is 0 Å². The number of nitrogens with zero attached hydrogens (tertiary/aromatic N) is 5. The molecule has 0 spiro atoms. The predicted molar refractivity (Wildman–Crippen MR) is 120 cm³/mol. The number of ketones is 1. The SMILES string of the molecule is CN1CCCC1CCCC(=O)c1ccc(-n2cc(-c3n[nH]c4ccccc34)nn2)cc1. The largest absolute Gasteiger partial charge is 0.303 e. The molecular formula is C24H26N6O. The van der Waals surface area contributed by atoms with Gasteiger partial charge in [0.1, 0.15) is 11.4 Å². The highest BCUT2D eigenvalue weighted by molar-refractivity contribution is 5.96.